The fourth-order valence-electron chi connectivity index (χ4n) is 4.58. The van der Waals surface area contributed by atoms with E-state index in [1.807, 2.05) is 31.2 Å². The highest BCUT2D eigenvalue weighted by molar-refractivity contribution is 6.30. The molecule has 0 saturated carbocycles. The Kier molecular flexibility index (Phi) is 3.33. The zero-order valence-corrected chi connectivity index (χ0v) is 14.7. The van der Waals surface area contributed by atoms with Crippen molar-refractivity contribution in [3.63, 3.8) is 0 Å². The van der Waals surface area contributed by atoms with E-state index in [2.05, 4.69) is 24.3 Å². The molecule has 0 unspecified atom stereocenters. The third kappa shape index (κ3) is 2.10. The van der Waals surface area contributed by atoms with Crippen LogP contribution in [0.15, 0.2) is 64.8 Å². The molecule has 0 radical (unpaired) electrons. The maximum Gasteiger partial charge on any atom is 0.173 e. The molecule has 0 fully saturated rings. The third-order valence-corrected chi connectivity index (χ3v) is 5.81. The van der Waals surface area contributed by atoms with Crippen LogP contribution in [0.3, 0.4) is 0 Å². The van der Waals surface area contributed by atoms with Gasteiger partial charge in [-0.3, -0.25) is 14.6 Å². The number of aliphatic imine (C=N–C) groups is 1. The molecule has 2 aliphatic carbocycles. The Morgan fingerprint density at radius 1 is 0.885 bits per heavy atom. The molecular weight excluding hydrogens is 322 g/mol. The van der Waals surface area contributed by atoms with Gasteiger partial charge in [-0.25, -0.2) is 0 Å². The van der Waals surface area contributed by atoms with Gasteiger partial charge in [-0.05, 0) is 25.3 Å². The Labute approximate surface area is 152 Å². The first-order chi connectivity index (χ1) is 12.6. The number of nitrogens with zero attached hydrogens (tertiary/aromatic N) is 1. The molecule has 1 aliphatic heterocycles. The molecule has 2 aromatic rings. The molecule has 0 aromatic heterocycles. The minimum absolute atomic E-state index is 0.0925. The number of carbonyl (C=O) groups is 2. The standard InChI is InChI=1S/C23H19NO2/c1-13-9-11-14(12-10-13)19-20-17(7-4-8-18(20)25)24-22-15-5-2-3-6-16(15)23(26)21(19)22/h2-3,5-6,9-12,19,21H,4,7-8H2,1H3/t19-,21-/m0/s1. The van der Waals surface area contributed by atoms with Crippen LogP contribution < -0.4 is 0 Å². The summed E-state index contributed by atoms with van der Waals surface area (Å²) in [6.45, 7) is 2.05. The van der Waals surface area contributed by atoms with E-state index < -0.39 is 0 Å². The first-order valence-electron chi connectivity index (χ1n) is 9.20. The van der Waals surface area contributed by atoms with Gasteiger partial charge in [-0.15, -0.1) is 0 Å². The molecule has 26 heavy (non-hydrogen) atoms. The Morgan fingerprint density at radius 2 is 1.62 bits per heavy atom. The quantitative estimate of drug-likeness (QED) is 0.772. The van der Waals surface area contributed by atoms with E-state index in [4.69, 9.17) is 4.99 Å². The lowest BCUT2D eigenvalue weighted by atomic mass is 9.71. The smallest absolute Gasteiger partial charge is 0.173 e. The number of benzene rings is 2. The van der Waals surface area contributed by atoms with E-state index >= 15 is 0 Å². The number of allylic oxidation sites excluding steroid dienone is 2. The van der Waals surface area contributed by atoms with Gasteiger partial charge in [0, 0.05) is 34.7 Å². The lowest BCUT2D eigenvalue weighted by Gasteiger charge is -2.33. The summed E-state index contributed by atoms with van der Waals surface area (Å²) in [6, 6.07) is 15.9. The summed E-state index contributed by atoms with van der Waals surface area (Å²) in [7, 11) is 0. The Balaban J connectivity index is 1.76. The highest BCUT2D eigenvalue weighted by Gasteiger charge is 2.48. The summed E-state index contributed by atoms with van der Waals surface area (Å²) in [5, 5.41) is 0. The number of hydrogen-bond acceptors (Lipinski definition) is 3. The Morgan fingerprint density at radius 3 is 2.38 bits per heavy atom. The number of aryl methyl sites for hydroxylation is 1. The fraction of sp³-hybridized carbons (Fsp3) is 0.261. The maximum absolute atomic E-state index is 13.2. The SMILES string of the molecule is Cc1ccc([C@H]2C3=C(CCCC3=O)N=C3c4ccccc4C(=O)[C@H]32)cc1. The summed E-state index contributed by atoms with van der Waals surface area (Å²) < 4.78 is 0. The van der Waals surface area contributed by atoms with Gasteiger partial charge in [-0.2, -0.15) is 0 Å². The van der Waals surface area contributed by atoms with Crippen molar-refractivity contribution in [2.75, 3.05) is 0 Å². The molecule has 0 amide bonds. The number of rotatable bonds is 1. The average Bonchev–Trinajstić information content (AvgIpc) is 2.94. The van der Waals surface area contributed by atoms with Crippen molar-refractivity contribution in [2.24, 2.45) is 10.9 Å². The normalized spacial score (nSPS) is 24.1. The molecule has 3 aliphatic rings. The highest BCUT2D eigenvalue weighted by atomic mass is 16.1. The zero-order valence-electron chi connectivity index (χ0n) is 14.7. The van der Waals surface area contributed by atoms with Crippen LogP contribution in [0.4, 0.5) is 0 Å². The second-order valence-electron chi connectivity index (χ2n) is 7.41. The molecule has 2 aromatic carbocycles. The van der Waals surface area contributed by atoms with Crippen molar-refractivity contribution in [2.45, 2.75) is 32.1 Å². The van der Waals surface area contributed by atoms with Crippen molar-refractivity contribution in [3.05, 3.63) is 82.1 Å². The molecule has 3 heteroatoms. The highest BCUT2D eigenvalue weighted by Crippen LogP contribution is 2.48. The topological polar surface area (TPSA) is 46.5 Å². The Bertz CT molecular complexity index is 1010. The van der Waals surface area contributed by atoms with Crippen molar-refractivity contribution < 1.29 is 9.59 Å². The van der Waals surface area contributed by atoms with E-state index in [9.17, 15) is 9.59 Å². The van der Waals surface area contributed by atoms with Crippen LogP contribution in [0.2, 0.25) is 0 Å². The largest absolute Gasteiger partial charge is 0.294 e. The summed E-state index contributed by atoms with van der Waals surface area (Å²) in [4.78, 5) is 30.9. The van der Waals surface area contributed by atoms with E-state index in [0.717, 1.165) is 46.5 Å². The lowest BCUT2D eigenvalue weighted by molar-refractivity contribution is -0.116. The average molecular weight is 341 g/mol. The van der Waals surface area contributed by atoms with E-state index in [1.54, 1.807) is 0 Å². The van der Waals surface area contributed by atoms with Gasteiger partial charge in [0.15, 0.2) is 11.6 Å². The molecule has 2 atom stereocenters. The molecule has 0 saturated heterocycles. The summed E-state index contributed by atoms with van der Waals surface area (Å²) in [5.74, 6) is -0.347. The van der Waals surface area contributed by atoms with Gasteiger partial charge < -0.3 is 0 Å². The Hall–Kier alpha value is -2.81. The molecule has 0 spiro atoms. The number of ketones is 2. The van der Waals surface area contributed by atoms with E-state index in [-0.39, 0.29) is 23.4 Å². The van der Waals surface area contributed by atoms with Gasteiger partial charge in [0.25, 0.3) is 0 Å². The van der Waals surface area contributed by atoms with E-state index in [0.29, 0.717) is 6.42 Å². The molecule has 5 rings (SSSR count). The molecule has 3 nitrogen and oxygen atoms in total. The first kappa shape index (κ1) is 15.4. The number of fused-ring (bicyclic) bond motifs is 3. The van der Waals surface area contributed by atoms with Crippen molar-refractivity contribution >= 4 is 17.3 Å². The second kappa shape index (κ2) is 5.60. The van der Waals surface area contributed by atoms with Crippen molar-refractivity contribution in [3.8, 4) is 0 Å². The van der Waals surface area contributed by atoms with Gasteiger partial charge in [0.2, 0.25) is 0 Å². The van der Waals surface area contributed by atoms with Crippen LogP contribution in [0.5, 0.6) is 0 Å². The summed E-state index contributed by atoms with van der Waals surface area (Å²) >= 11 is 0. The molecular formula is C23H19NO2. The van der Waals surface area contributed by atoms with Crippen LogP contribution in [0.1, 0.15) is 52.2 Å². The monoisotopic (exact) mass is 341 g/mol. The van der Waals surface area contributed by atoms with Gasteiger partial charge in [-0.1, -0.05) is 54.1 Å². The minimum atomic E-state index is -0.379. The van der Waals surface area contributed by atoms with Crippen LogP contribution in [-0.4, -0.2) is 17.3 Å². The third-order valence-electron chi connectivity index (χ3n) is 5.81. The number of carbonyl (C=O) groups excluding carboxylic acids is 2. The van der Waals surface area contributed by atoms with Gasteiger partial charge in [0.1, 0.15) is 0 Å². The summed E-state index contributed by atoms with van der Waals surface area (Å²) in [5.41, 5.74) is 6.40. The van der Waals surface area contributed by atoms with Crippen LogP contribution in [-0.2, 0) is 4.79 Å². The van der Waals surface area contributed by atoms with Crippen molar-refractivity contribution in [1.29, 1.82) is 0 Å². The maximum atomic E-state index is 13.2. The number of Topliss-reactive ketones (excluding diaryl/α,β-unsaturated/α-hetero) is 2. The first-order valence-corrected chi connectivity index (χ1v) is 9.20. The molecule has 0 bridgehead atoms. The second-order valence-corrected chi connectivity index (χ2v) is 7.41. The number of hydrogen-bond donors (Lipinski definition) is 0. The zero-order chi connectivity index (χ0) is 17.8. The lowest BCUT2D eigenvalue weighted by Crippen LogP contribution is -2.33. The van der Waals surface area contributed by atoms with E-state index in [1.165, 1.54) is 5.56 Å². The predicted octanol–water partition coefficient (Wildman–Crippen LogP) is 4.40. The minimum Gasteiger partial charge on any atom is -0.294 e. The van der Waals surface area contributed by atoms with Crippen LogP contribution in [0.25, 0.3) is 0 Å². The van der Waals surface area contributed by atoms with Gasteiger partial charge >= 0.3 is 0 Å². The molecule has 1 heterocycles. The van der Waals surface area contributed by atoms with Crippen molar-refractivity contribution in [1.82, 2.24) is 0 Å². The van der Waals surface area contributed by atoms with Crippen LogP contribution >= 0.6 is 0 Å². The fourth-order valence-corrected chi connectivity index (χ4v) is 4.58. The van der Waals surface area contributed by atoms with Gasteiger partial charge in [0.05, 0.1) is 11.6 Å². The van der Waals surface area contributed by atoms with Crippen LogP contribution in [0, 0.1) is 12.8 Å². The summed E-state index contributed by atoms with van der Waals surface area (Å²) in [6.07, 6.45) is 2.21. The molecule has 0 N–H and O–H groups in total. The molecule has 128 valence electrons. The predicted molar refractivity (Wildman–Crippen MR) is 101 cm³/mol.